The highest BCUT2D eigenvalue weighted by Gasteiger charge is 2.14. The molecule has 1 aromatic rings. The van der Waals surface area contributed by atoms with Crippen molar-refractivity contribution in [3.05, 3.63) is 28.5 Å². The Labute approximate surface area is 107 Å². The van der Waals surface area contributed by atoms with Gasteiger partial charge >= 0.3 is 0 Å². The molecule has 0 aromatic heterocycles. The molecular formula is C11H12BrFN2S. The van der Waals surface area contributed by atoms with Gasteiger partial charge < -0.3 is 5.32 Å². The molecule has 1 atom stereocenters. The molecule has 0 spiro atoms. The number of amidine groups is 1. The highest BCUT2D eigenvalue weighted by molar-refractivity contribution is 9.10. The molecule has 1 aliphatic heterocycles. The van der Waals surface area contributed by atoms with Crippen molar-refractivity contribution >= 4 is 38.5 Å². The van der Waals surface area contributed by atoms with Gasteiger partial charge in [0.25, 0.3) is 0 Å². The number of thioether (sulfide) groups is 1. The number of aliphatic imine (C=N–C) groups is 1. The van der Waals surface area contributed by atoms with E-state index in [2.05, 4.69) is 33.2 Å². The Bertz CT molecular complexity index is 402. The van der Waals surface area contributed by atoms with E-state index in [1.54, 1.807) is 17.8 Å². The van der Waals surface area contributed by atoms with Crippen LogP contribution in [0.3, 0.4) is 0 Å². The van der Waals surface area contributed by atoms with E-state index in [0.717, 1.165) is 21.9 Å². The minimum absolute atomic E-state index is 0.267. The van der Waals surface area contributed by atoms with Crippen LogP contribution in [-0.2, 0) is 0 Å². The second kappa shape index (κ2) is 5.19. The number of rotatable bonds is 1. The van der Waals surface area contributed by atoms with Crippen molar-refractivity contribution in [1.29, 1.82) is 0 Å². The second-order valence-electron chi connectivity index (χ2n) is 3.78. The predicted octanol–water partition coefficient (Wildman–Crippen LogP) is 3.74. The highest BCUT2D eigenvalue weighted by Crippen LogP contribution is 2.27. The number of benzene rings is 1. The Hall–Kier alpha value is -0.550. The fraction of sp³-hybridized carbons (Fsp3) is 0.364. The van der Waals surface area contributed by atoms with Gasteiger partial charge in [-0.15, -0.1) is 0 Å². The van der Waals surface area contributed by atoms with Gasteiger partial charge in [-0.05, 0) is 34.0 Å². The molecule has 2 rings (SSSR count). The van der Waals surface area contributed by atoms with E-state index in [-0.39, 0.29) is 5.82 Å². The van der Waals surface area contributed by atoms with Crippen molar-refractivity contribution in [1.82, 2.24) is 0 Å². The molecule has 1 aliphatic rings. The van der Waals surface area contributed by atoms with Crippen molar-refractivity contribution in [3.63, 3.8) is 0 Å². The zero-order valence-corrected chi connectivity index (χ0v) is 11.2. The molecule has 1 heterocycles. The number of nitrogens with one attached hydrogen (secondary N) is 1. The number of hydrogen-bond donors (Lipinski definition) is 1. The summed E-state index contributed by atoms with van der Waals surface area (Å²) >= 11 is 4.95. The standard InChI is InChI=1S/C11H12BrFN2S/c1-7-5-14-11(16-6-7)15-10-8(12)3-2-4-9(10)13/h2-4,7H,5-6H2,1H3,(H,14,15). The van der Waals surface area contributed by atoms with Crippen LogP contribution in [0.1, 0.15) is 6.92 Å². The maximum Gasteiger partial charge on any atom is 0.161 e. The molecule has 86 valence electrons. The number of halogens is 2. The Kier molecular flexibility index (Phi) is 3.86. The van der Waals surface area contributed by atoms with Crippen LogP contribution in [0.5, 0.6) is 0 Å². The molecule has 2 nitrogen and oxygen atoms in total. The summed E-state index contributed by atoms with van der Waals surface area (Å²) in [5.74, 6) is 1.36. The average Bonchev–Trinajstić information content (AvgIpc) is 2.26. The fourth-order valence-corrected chi connectivity index (χ4v) is 2.69. The first-order valence-electron chi connectivity index (χ1n) is 5.05. The second-order valence-corrected chi connectivity index (χ2v) is 5.65. The van der Waals surface area contributed by atoms with Crippen molar-refractivity contribution in [2.24, 2.45) is 10.9 Å². The molecule has 0 bridgehead atoms. The monoisotopic (exact) mass is 302 g/mol. The van der Waals surface area contributed by atoms with Gasteiger partial charge in [-0.25, -0.2) is 4.39 Å². The third-order valence-electron chi connectivity index (χ3n) is 2.25. The van der Waals surface area contributed by atoms with Crippen molar-refractivity contribution < 1.29 is 4.39 Å². The van der Waals surface area contributed by atoms with Crippen LogP contribution < -0.4 is 5.32 Å². The average molecular weight is 303 g/mol. The topological polar surface area (TPSA) is 24.4 Å². The van der Waals surface area contributed by atoms with Gasteiger partial charge in [0.15, 0.2) is 5.17 Å². The summed E-state index contributed by atoms with van der Waals surface area (Å²) in [6, 6.07) is 4.91. The molecule has 0 fully saturated rings. The van der Waals surface area contributed by atoms with Crippen LogP contribution >= 0.6 is 27.7 Å². The molecule has 1 unspecified atom stereocenters. The summed E-state index contributed by atoms with van der Waals surface area (Å²) in [5.41, 5.74) is 0.461. The lowest BCUT2D eigenvalue weighted by atomic mass is 10.2. The number of para-hydroxylation sites is 1. The predicted molar refractivity (Wildman–Crippen MR) is 71.6 cm³/mol. The SMILES string of the molecule is CC1CN=C(Nc2c(F)cccc2Br)SC1. The number of nitrogens with zero attached hydrogens (tertiary/aromatic N) is 1. The smallest absolute Gasteiger partial charge is 0.161 e. The summed E-state index contributed by atoms with van der Waals surface area (Å²) in [6.07, 6.45) is 0. The summed E-state index contributed by atoms with van der Waals surface area (Å²) in [4.78, 5) is 4.37. The van der Waals surface area contributed by atoms with E-state index < -0.39 is 0 Å². The summed E-state index contributed by atoms with van der Waals surface area (Å²) < 4.78 is 14.2. The van der Waals surface area contributed by atoms with Crippen LogP contribution in [0.4, 0.5) is 10.1 Å². The first-order chi connectivity index (χ1) is 7.66. The Morgan fingerprint density at radius 3 is 3.00 bits per heavy atom. The van der Waals surface area contributed by atoms with E-state index in [1.165, 1.54) is 6.07 Å². The van der Waals surface area contributed by atoms with Gasteiger partial charge in [-0.1, -0.05) is 24.8 Å². The Morgan fingerprint density at radius 2 is 2.38 bits per heavy atom. The van der Waals surface area contributed by atoms with Crippen LogP contribution in [0.15, 0.2) is 27.7 Å². The van der Waals surface area contributed by atoms with E-state index in [4.69, 9.17) is 0 Å². The molecule has 16 heavy (non-hydrogen) atoms. The lowest BCUT2D eigenvalue weighted by molar-refractivity contribution is 0.631. The van der Waals surface area contributed by atoms with Crippen LogP contribution in [0.2, 0.25) is 0 Å². The molecule has 0 aliphatic carbocycles. The first-order valence-corrected chi connectivity index (χ1v) is 6.83. The lowest BCUT2D eigenvalue weighted by Gasteiger charge is -2.18. The Morgan fingerprint density at radius 1 is 1.56 bits per heavy atom. The van der Waals surface area contributed by atoms with E-state index in [1.807, 2.05) is 6.07 Å². The minimum Gasteiger partial charge on any atom is -0.332 e. The van der Waals surface area contributed by atoms with Gasteiger partial charge in [0.05, 0.1) is 5.69 Å². The lowest BCUT2D eigenvalue weighted by Crippen LogP contribution is -2.19. The summed E-state index contributed by atoms with van der Waals surface area (Å²) in [5, 5.41) is 3.82. The summed E-state index contributed by atoms with van der Waals surface area (Å²) in [7, 11) is 0. The molecule has 0 saturated heterocycles. The number of hydrogen-bond acceptors (Lipinski definition) is 3. The normalized spacial score (nSPS) is 20.4. The van der Waals surface area contributed by atoms with Crippen molar-refractivity contribution in [3.8, 4) is 0 Å². The van der Waals surface area contributed by atoms with Crippen molar-refractivity contribution in [2.75, 3.05) is 17.6 Å². The molecule has 0 saturated carbocycles. The molecule has 5 heteroatoms. The van der Waals surface area contributed by atoms with Gasteiger partial charge in [0.1, 0.15) is 5.82 Å². The van der Waals surface area contributed by atoms with E-state index >= 15 is 0 Å². The molecule has 0 radical (unpaired) electrons. The minimum atomic E-state index is -0.267. The van der Waals surface area contributed by atoms with E-state index in [9.17, 15) is 4.39 Å². The van der Waals surface area contributed by atoms with Crippen molar-refractivity contribution in [2.45, 2.75) is 6.92 Å². The molecule has 1 aromatic carbocycles. The largest absolute Gasteiger partial charge is 0.332 e. The summed E-state index contributed by atoms with van der Waals surface area (Å²) in [6.45, 7) is 2.97. The van der Waals surface area contributed by atoms with Gasteiger partial charge in [0, 0.05) is 16.8 Å². The quantitative estimate of drug-likeness (QED) is 0.854. The maximum atomic E-state index is 13.5. The van der Waals surface area contributed by atoms with Gasteiger partial charge in [-0.2, -0.15) is 0 Å². The van der Waals surface area contributed by atoms with Crippen LogP contribution in [0, 0.1) is 11.7 Å². The maximum absolute atomic E-state index is 13.5. The van der Waals surface area contributed by atoms with Gasteiger partial charge in [0.2, 0.25) is 0 Å². The van der Waals surface area contributed by atoms with Crippen LogP contribution in [0.25, 0.3) is 0 Å². The Balaban J connectivity index is 2.15. The zero-order chi connectivity index (χ0) is 11.5. The molecule has 1 N–H and O–H groups in total. The molecular weight excluding hydrogens is 291 g/mol. The zero-order valence-electron chi connectivity index (χ0n) is 8.84. The van der Waals surface area contributed by atoms with Crippen LogP contribution in [-0.4, -0.2) is 17.5 Å². The van der Waals surface area contributed by atoms with E-state index in [0.29, 0.717) is 11.6 Å². The highest BCUT2D eigenvalue weighted by atomic mass is 79.9. The van der Waals surface area contributed by atoms with Gasteiger partial charge in [-0.3, -0.25) is 4.99 Å². The number of anilines is 1. The fourth-order valence-electron chi connectivity index (χ4n) is 1.36. The first kappa shape index (κ1) is 11.9. The third-order valence-corrected chi connectivity index (χ3v) is 4.15. The third kappa shape index (κ3) is 2.77. The molecule has 0 amide bonds.